The van der Waals surface area contributed by atoms with Crippen LogP contribution in [0.15, 0.2) is 43.0 Å². The first-order valence-electron chi connectivity index (χ1n) is 9.01. The number of aromatic nitrogens is 3. The van der Waals surface area contributed by atoms with Crippen LogP contribution in [-0.4, -0.2) is 39.3 Å². The molecule has 3 rings (SSSR count). The molecule has 0 saturated carbocycles. The molecule has 0 atom stereocenters. The lowest BCUT2D eigenvalue weighted by molar-refractivity contribution is -0.138. The Bertz CT molecular complexity index is 1070. The van der Waals surface area contributed by atoms with E-state index in [4.69, 9.17) is 21.1 Å². The average Bonchev–Trinajstić information content (AvgIpc) is 3.07. The minimum Gasteiger partial charge on any atom is -0.505 e. The Morgan fingerprint density at radius 1 is 1.21 bits per heavy atom. The highest BCUT2D eigenvalue weighted by atomic mass is 35.5. The van der Waals surface area contributed by atoms with Gasteiger partial charge >= 0.3 is 5.97 Å². The van der Waals surface area contributed by atoms with Crippen LogP contribution in [0.5, 0.6) is 11.5 Å². The second-order valence-corrected chi connectivity index (χ2v) is 7.87. The molecule has 0 bridgehead atoms. The fourth-order valence-corrected chi connectivity index (χ4v) is 2.92. The summed E-state index contributed by atoms with van der Waals surface area (Å²) in [7, 11) is 0. The molecular weight excluding hydrogens is 394 g/mol. The molecule has 0 aliphatic heterocycles. The number of rotatable bonds is 6. The van der Waals surface area contributed by atoms with Crippen LogP contribution in [-0.2, 0) is 14.9 Å². The van der Waals surface area contributed by atoms with Crippen molar-refractivity contribution < 1.29 is 19.4 Å². The van der Waals surface area contributed by atoms with Gasteiger partial charge in [0.1, 0.15) is 41.4 Å². The van der Waals surface area contributed by atoms with Gasteiger partial charge in [0.15, 0.2) is 0 Å². The number of ether oxygens (including phenoxy) is 2. The van der Waals surface area contributed by atoms with Gasteiger partial charge in [0.25, 0.3) is 0 Å². The van der Waals surface area contributed by atoms with Crippen molar-refractivity contribution in [2.45, 2.75) is 26.2 Å². The van der Waals surface area contributed by atoms with Gasteiger partial charge in [0.2, 0.25) is 0 Å². The molecule has 2 aromatic carbocycles. The summed E-state index contributed by atoms with van der Waals surface area (Å²) in [5.41, 5.74) is 1.95. The molecule has 1 N–H and O–H groups in total. The zero-order chi connectivity index (χ0) is 21.2. The van der Waals surface area contributed by atoms with Crippen LogP contribution in [0.25, 0.3) is 16.7 Å². The fraction of sp³-hybridized carbons (Fsp3) is 0.286. The number of phenols is 1. The maximum atomic E-state index is 11.1. The molecule has 7 nitrogen and oxygen atoms in total. The summed E-state index contributed by atoms with van der Waals surface area (Å²) in [6, 6.07) is 8.59. The van der Waals surface area contributed by atoms with Gasteiger partial charge in [-0.25, -0.2) is 4.79 Å². The van der Waals surface area contributed by atoms with Crippen LogP contribution in [0.3, 0.4) is 0 Å². The van der Waals surface area contributed by atoms with Gasteiger partial charge in [0, 0.05) is 22.7 Å². The number of hydrogen-bond donors (Lipinski definition) is 1. The summed E-state index contributed by atoms with van der Waals surface area (Å²) >= 11 is 6.03. The lowest BCUT2D eigenvalue weighted by Crippen LogP contribution is -2.15. The summed E-state index contributed by atoms with van der Waals surface area (Å²) in [5, 5.41) is 20.3. The van der Waals surface area contributed by atoms with E-state index in [2.05, 4.69) is 16.8 Å². The Morgan fingerprint density at radius 2 is 1.93 bits per heavy atom. The van der Waals surface area contributed by atoms with Gasteiger partial charge in [-0.2, -0.15) is 0 Å². The van der Waals surface area contributed by atoms with E-state index in [1.807, 2.05) is 20.8 Å². The molecule has 1 aromatic heterocycles. The predicted molar refractivity (Wildman–Crippen MR) is 111 cm³/mol. The number of carbonyl (C=O) groups is 1. The fourth-order valence-electron chi connectivity index (χ4n) is 2.76. The molecule has 0 aliphatic carbocycles. The summed E-state index contributed by atoms with van der Waals surface area (Å²) in [6.07, 6.45) is 1.09. The average molecular weight is 416 g/mol. The number of halogens is 1. The highest BCUT2D eigenvalue weighted by Gasteiger charge is 2.24. The minimum atomic E-state index is -0.513. The number of benzene rings is 2. The number of fused-ring (bicyclic) bond motifs is 1. The molecular formula is C21H22ClN3O4. The molecule has 0 amide bonds. The van der Waals surface area contributed by atoms with E-state index in [0.29, 0.717) is 33.1 Å². The smallest absolute Gasteiger partial charge is 0.330 e. The Kier molecular flexibility index (Phi) is 5.79. The number of aromatic hydroxyl groups is 1. The number of phenolic OH excluding ortho intramolecular Hbond substituents is 1. The van der Waals surface area contributed by atoms with Gasteiger partial charge in [-0.3, -0.25) is 0 Å². The molecule has 0 saturated heterocycles. The van der Waals surface area contributed by atoms with Gasteiger partial charge in [-0.05, 0) is 29.7 Å². The molecule has 0 radical (unpaired) electrons. The lowest BCUT2D eigenvalue weighted by atomic mass is 9.86. The third kappa shape index (κ3) is 4.68. The van der Waals surface area contributed by atoms with Crippen molar-refractivity contribution in [3.8, 4) is 17.2 Å². The second-order valence-electron chi connectivity index (χ2n) is 7.43. The summed E-state index contributed by atoms with van der Waals surface area (Å²) in [4.78, 5) is 12.5. The van der Waals surface area contributed by atoms with Gasteiger partial charge < -0.3 is 14.6 Å². The van der Waals surface area contributed by atoms with E-state index >= 15 is 0 Å². The van der Waals surface area contributed by atoms with Crippen molar-refractivity contribution in [2.75, 3.05) is 13.2 Å². The van der Waals surface area contributed by atoms with Crippen LogP contribution >= 0.6 is 11.6 Å². The highest BCUT2D eigenvalue weighted by Crippen LogP contribution is 2.38. The van der Waals surface area contributed by atoms with Crippen LogP contribution in [0.1, 0.15) is 26.3 Å². The van der Waals surface area contributed by atoms with Gasteiger partial charge in [-0.1, -0.05) is 39.0 Å². The molecule has 152 valence electrons. The van der Waals surface area contributed by atoms with E-state index in [1.165, 1.54) is 4.80 Å². The second kappa shape index (κ2) is 8.13. The van der Waals surface area contributed by atoms with E-state index in [9.17, 15) is 9.90 Å². The van der Waals surface area contributed by atoms with E-state index in [0.717, 1.165) is 6.08 Å². The molecule has 3 aromatic rings. The number of hydrogen-bond acceptors (Lipinski definition) is 6. The Morgan fingerprint density at radius 3 is 2.62 bits per heavy atom. The first kappa shape index (κ1) is 20.7. The van der Waals surface area contributed by atoms with Crippen LogP contribution in [0, 0.1) is 0 Å². The summed E-state index contributed by atoms with van der Waals surface area (Å²) < 4.78 is 10.7. The molecule has 29 heavy (non-hydrogen) atoms. The van der Waals surface area contributed by atoms with E-state index in [-0.39, 0.29) is 24.4 Å². The monoisotopic (exact) mass is 415 g/mol. The zero-order valence-electron chi connectivity index (χ0n) is 16.5. The van der Waals surface area contributed by atoms with E-state index < -0.39 is 5.97 Å². The van der Waals surface area contributed by atoms with Crippen molar-refractivity contribution in [3.63, 3.8) is 0 Å². The van der Waals surface area contributed by atoms with Crippen LogP contribution < -0.4 is 4.74 Å². The molecule has 0 unspecified atom stereocenters. The minimum absolute atomic E-state index is 0.0642. The Hall–Kier alpha value is -3.06. The van der Waals surface area contributed by atoms with Crippen LogP contribution in [0.4, 0.5) is 0 Å². The largest absolute Gasteiger partial charge is 0.505 e. The highest BCUT2D eigenvalue weighted by molar-refractivity contribution is 6.31. The van der Waals surface area contributed by atoms with Gasteiger partial charge in [-0.15, -0.1) is 15.0 Å². The number of nitrogens with zero attached hydrogens (tertiary/aromatic N) is 3. The zero-order valence-corrected chi connectivity index (χ0v) is 17.2. The van der Waals surface area contributed by atoms with Crippen molar-refractivity contribution in [3.05, 3.63) is 53.6 Å². The third-order valence-electron chi connectivity index (χ3n) is 4.19. The third-order valence-corrected chi connectivity index (χ3v) is 4.43. The molecule has 1 heterocycles. The maximum Gasteiger partial charge on any atom is 0.330 e. The van der Waals surface area contributed by atoms with Gasteiger partial charge in [0.05, 0.1) is 0 Å². The SMILES string of the molecule is C=CC(=O)OCCOc1cc(-n2nc3ccc(Cl)cc3n2)c(O)c(C(C)(C)C)c1. The van der Waals surface area contributed by atoms with Crippen molar-refractivity contribution in [1.29, 1.82) is 0 Å². The topological polar surface area (TPSA) is 86.5 Å². The molecule has 0 spiro atoms. The summed E-state index contributed by atoms with van der Waals surface area (Å²) in [5.74, 6) is 0.0487. The number of esters is 1. The summed E-state index contributed by atoms with van der Waals surface area (Å²) in [6.45, 7) is 9.52. The molecule has 0 fully saturated rings. The molecule has 0 aliphatic rings. The number of carbonyl (C=O) groups excluding carboxylic acids is 1. The predicted octanol–water partition coefficient (Wildman–Crippen LogP) is 4.19. The standard InChI is InChI=1S/C21H22ClN3O4/c1-5-19(26)29-9-8-28-14-11-15(21(2,3)4)20(27)18(12-14)25-23-16-7-6-13(22)10-17(16)24-25/h5-7,10-12,27H,1,8-9H2,2-4H3. The first-order chi connectivity index (χ1) is 13.7. The lowest BCUT2D eigenvalue weighted by Gasteiger charge is -2.23. The van der Waals surface area contributed by atoms with Crippen molar-refractivity contribution >= 4 is 28.6 Å². The van der Waals surface area contributed by atoms with E-state index in [1.54, 1.807) is 30.3 Å². The Balaban J connectivity index is 1.98. The molecule has 8 heteroatoms. The quantitative estimate of drug-likeness (QED) is 0.369. The van der Waals surface area contributed by atoms with Crippen molar-refractivity contribution in [1.82, 2.24) is 15.0 Å². The Labute approximate surface area is 173 Å². The van der Waals surface area contributed by atoms with Crippen LogP contribution in [0.2, 0.25) is 5.02 Å². The maximum absolute atomic E-state index is 11.1. The normalized spacial score (nSPS) is 11.4. The van der Waals surface area contributed by atoms with Crippen molar-refractivity contribution in [2.24, 2.45) is 0 Å². The first-order valence-corrected chi connectivity index (χ1v) is 9.39.